The number of carbonyl (C=O) groups is 2. The van der Waals surface area contributed by atoms with E-state index < -0.39 is 28.6 Å². The molecular formula is C15H11Cl2N3O5. The average Bonchev–Trinajstić information content (AvgIpc) is 2.56. The molecule has 130 valence electrons. The van der Waals surface area contributed by atoms with Crippen molar-refractivity contribution < 1.29 is 19.2 Å². The molecule has 0 saturated carbocycles. The maximum Gasteiger partial charge on any atom is 0.345 e. The fourth-order valence-electron chi connectivity index (χ4n) is 1.78. The lowest BCUT2D eigenvalue weighted by Gasteiger charge is -2.13. The lowest BCUT2D eigenvalue weighted by atomic mass is 10.2. The molecule has 1 N–H and O–H groups in total. The standard InChI is InChI=1S/C15H11Cl2N3O5/c1-8(14(21)19-13-5-3-10(17)7-18-13)25-15(22)11-4-2-9(16)6-12(11)20(23)24/h2-8H,1H3,(H,18,19,21). The van der Waals surface area contributed by atoms with Crippen molar-refractivity contribution in [1.82, 2.24) is 4.98 Å². The molecule has 1 unspecified atom stereocenters. The number of nitrogens with zero attached hydrogens (tertiary/aromatic N) is 2. The zero-order valence-corrected chi connectivity index (χ0v) is 14.2. The Balaban J connectivity index is 2.08. The minimum Gasteiger partial charge on any atom is -0.449 e. The van der Waals surface area contributed by atoms with Gasteiger partial charge >= 0.3 is 5.97 Å². The summed E-state index contributed by atoms with van der Waals surface area (Å²) >= 11 is 11.4. The summed E-state index contributed by atoms with van der Waals surface area (Å²) in [5.74, 6) is -1.45. The van der Waals surface area contributed by atoms with E-state index in [0.29, 0.717) is 5.02 Å². The molecule has 0 saturated heterocycles. The number of ether oxygens (including phenoxy) is 1. The van der Waals surface area contributed by atoms with Crippen LogP contribution in [0.2, 0.25) is 10.0 Å². The fraction of sp³-hybridized carbons (Fsp3) is 0.133. The Kier molecular flexibility index (Phi) is 5.89. The van der Waals surface area contributed by atoms with Crippen molar-refractivity contribution in [3.8, 4) is 0 Å². The number of amides is 1. The Bertz CT molecular complexity index is 826. The van der Waals surface area contributed by atoms with Crippen LogP contribution in [0.4, 0.5) is 11.5 Å². The number of carbonyl (C=O) groups excluding carboxylic acids is 2. The highest BCUT2D eigenvalue weighted by atomic mass is 35.5. The van der Waals surface area contributed by atoms with E-state index in [1.165, 1.54) is 31.3 Å². The van der Waals surface area contributed by atoms with Crippen LogP contribution in [-0.2, 0) is 9.53 Å². The maximum atomic E-state index is 12.1. The van der Waals surface area contributed by atoms with Crippen LogP contribution in [0.5, 0.6) is 0 Å². The number of benzene rings is 1. The molecule has 0 radical (unpaired) electrons. The Morgan fingerprint density at radius 3 is 2.52 bits per heavy atom. The van der Waals surface area contributed by atoms with Gasteiger partial charge in [0.1, 0.15) is 11.4 Å². The Morgan fingerprint density at radius 2 is 1.92 bits per heavy atom. The smallest absolute Gasteiger partial charge is 0.345 e. The highest BCUT2D eigenvalue weighted by Crippen LogP contribution is 2.24. The van der Waals surface area contributed by atoms with Crippen LogP contribution in [-0.4, -0.2) is 27.9 Å². The highest BCUT2D eigenvalue weighted by Gasteiger charge is 2.25. The number of nitro groups is 1. The van der Waals surface area contributed by atoms with Gasteiger partial charge in [0, 0.05) is 17.3 Å². The zero-order valence-electron chi connectivity index (χ0n) is 12.7. The van der Waals surface area contributed by atoms with Crippen LogP contribution in [0.1, 0.15) is 17.3 Å². The number of rotatable bonds is 5. The molecule has 25 heavy (non-hydrogen) atoms. The zero-order chi connectivity index (χ0) is 18.6. The van der Waals surface area contributed by atoms with E-state index in [1.54, 1.807) is 0 Å². The maximum absolute atomic E-state index is 12.1. The molecule has 0 aliphatic heterocycles. The third-order valence-electron chi connectivity index (χ3n) is 3.01. The molecule has 1 aromatic carbocycles. The molecule has 0 aliphatic carbocycles. The van der Waals surface area contributed by atoms with Gasteiger partial charge in [-0.25, -0.2) is 9.78 Å². The summed E-state index contributed by atoms with van der Waals surface area (Å²) in [5.41, 5.74) is -0.817. The van der Waals surface area contributed by atoms with Crippen molar-refractivity contribution in [2.24, 2.45) is 0 Å². The molecule has 1 atom stereocenters. The van der Waals surface area contributed by atoms with Gasteiger partial charge in [-0.05, 0) is 31.2 Å². The van der Waals surface area contributed by atoms with Gasteiger partial charge in [-0.2, -0.15) is 0 Å². The number of nitrogens with one attached hydrogen (secondary N) is 1. The van der Waals surface area contributed by atoms with Gasteiger partial charge in [-0.3, -0.25) is 14.9 Å². The molecular weight excluding hydrogens is 373 g/mol. The average molecular weight is 384 g/mol. The third-order valence-corrected chi connectivity index (χ3v) is 3.47. The first-order valence-corrected chi connectivity index (χ1v) is 7.61. The molecule has 0 bridgehead atoms. The van der Waals surface area contributed by atoms with Crippen molar-refractivity contribution >= 4 is 46.6 Å². The molecule has 2 rings (SSSR count). The predicted octanol–water partition coefficient (Wildman–Crippen LogP) is 3.48. The molecule has 1 amide bonds. The normalized spacial score (nSPS) is 11.5. The second-order valence-corrected chi connectivity index (χ2v) is 5.69. The van der Waals surface area contributed by atoms with Gasteiger partial charge in [0.2, 0.25) is 0 Å². The quantitative estimate of drug-likeness (QED) is 0.480. The molecule has 10 heteroatoms. The third kappa shape index (κ3) is 4.88. The highest BCUT2D eigenvalue weighted by molar-refractivity contribution is 6.31. The van der Waals surface area contributed by atoms with Crippen molar-refractivity contribution in [2.45, 2.75) is 13.0 Å². The first-order chi connectivity index (χ1) is 11.8. The summed E-state index contributed by atoms with van der Waals surface area (Å²) in [6.07, 6.45) is 0.130. The lowest BCUT2D eigenvalue weighted by molar-refractivity contribution is -0.385. The SMILES string of the molecule is CC(OC(=O)c1ccc(Cl)cc1[N+](=O)[O-])C(=O)Nc1ccc(Cl)cn1. The van der Waals surface area contributed by atoms with Gasteiger partial charge in [-0.15, -0.1) is 0 Å². The lowest BCUT2D eigenvalue weighted by Crippen LogP contribution is -2.30. The van der Waals surface area contributed by atoms with Gasteiger partial charge in [-0.1, -0.05) is 23.2 Å². The van der Waals surface area contributed by atoms with Gasteiger partial charge in [0.25, 0.3) is 11.6 Å². The Hall–Kier alpha value is -2.71. The van der Waals surface area contributed by atoms with E-state index >= 15 is 0 Å². The Labute approximate surface area is 151 Å². The molecule has 2 aromatic rings. The number of aromatic nitrogens is 1. The number of pyridine rings is 1. The van der Waals surface area contributed by atoms with Crippen molar-refractivity contribution in [3.63, 3.8) is 0 Å². The summed E-state index contributed by atoms with van der Waals surface area (Å²) in [5, 5.41) is 13.9. The van der Waals surface area contributed by atoms with Crippen molar-refractivity contribution in [3.05, 3.63) is 62.3 Å². The summed E-state index contributed by atoms with van der Waals surface area (Å²) in [4.78, 5) is 38.3. The largest absolute Gasteiger partial charge is 0.449 e. The van der Waals surface area contributed by atoms with E-state index in [2.05, 4.69) is 10.3 Å². The van der Waals surface area contributed by atoms with Crippen LogP contribution >= 0.6 is 23.2 Å². The summed E-state index contributed by atoms with van der Waals surface area (Å²) in [6, 6.07) is 6.50. The van der Waals surface area contributed by atoms with E-state index in [1.807, 2.05) is 0 Å². The van der Waals surface area contributed by atoms with E-state index in [4.69, 9.17) is 27.9 Å². The van der Waals surface area contributed by atoms with Crippen molar-refractivity contribution in [2.75, 3.05) is 5.32 Å². The number of hydrogen-bond donors (Lipinski definition) is 1. The van der Waals surface area contributed by atoms with Crippen LogP contribution in [0.15, 0.2) is 36.5 Å². The van der Waals surface area contributed by atoms with Crippen LogP contribution < -0.4 is 5.32 Å². The summed E-state index contributed by atoms with van der Waals surface area (Å²) < 4.78 is 4.97. The number of nitro benzene ring substituents is 1. The molecule has 1 aromatic heterocycles. The van der Waals surface area contributed by atoms with E-state index in [-0.39, 0.29) is 16.4 Å². The van der Waals surface area contributed by atoms with E-state index in [9.17, 15) is 19.7 Å². The van der Waals surface area contributed by atoms with Crippen LogP contribution in [0.25, 0.3) is 0 Å². The molecule has 0 aliphatic rings. The Morgan fingerprint density at radius 1 is 1.24 bits per heavy atom. The molecule has 1 heterocycles. The second kappa shape index (κ2) is 7.91. The number of anilines is 1. The first-order valence-electron chi connectivity index (χ1n) is 6.85. The van der Waals surface area contributed by atoms with Crippen LogP contribution in [0.3, 0.4) is 0 Å². The van der Waals surface area contributed by atoms with Crippen molar-refractivity contribution in [1.29, 1.82) is 0 Å². The first kappa shape index (κ1) is 18.6. The van der Waals surface area contributed by atoms with E-state index in [0.717, 1.165) is 12.1 Å². The fourth-order valence-corrected chi connectivity index (χ4v) is 2.06. The van der Waals surface area contributed by atoms with Gasteiger partial charge in [0.05, 0.1) is 9.95 Å². The number of esters is 1. The molecule has 0 fully saturated rings. The minimum atomic E-state index is -1.21. The predicted molar refractivity (Wildman–Crippen MR) is 90.9 cm³/mol. The van der Waals surface area contributed by atoms with Crippen LogP contribution in [0, 0.1) is 10.1 Å². The minimum absolute atomic E-state index is 0.0999. The molecule has 8 nitrogen and oxygen atoms in total. The monoisotopic (exact) mass is 383 g/mol. The summed E-state index contributed by atoms with van der Waals surface area (Å²) in [6.45, 7) is 1.32. The number of hydrogen-bond acceptors (Lipinski definition) is 6. The van der Waals surface area contributed by atoms with Gasteiger partial charge < -0.3 is 10.1 Å². The summed E-state index contributed by atoms with van der Waals surface area (Å²) in [7, 11) is 0. The molecule has 0 spiro atoms. The second-order valence-electron chi connectivity index (χ2n) is 4.82. The topological polar surface area (TPSA) is 111 Å². The number of halogens is 2. The van der Waals surface area contributed by atoms with Gasteiger partial charge in [0.15, 0.2) is 6.10 Å².